The number of hydrogen-bond acceptors (Lipinski definition) is 5. The summed E-state index contributed by atoms with van der Waals surface area (Å²) in [6, 6.07) is 9.87. The summed E-state index contributed by atoms with van der Waals surface area (Å²) < 4.78 is 5.28. The minimum absolute atomic E-state index is 0.0506. The first kappa shape index (κ1) is 22.9. The van der Waals surface area contributed by atoms with E-state index < -0.39 is 0 Å². The minimum Gasteiger partial charge on any atom is -0.497 e. The van der Waals surface area contributed by atoms with Gasteiger partial charge in [-0.2, -0.15) is 0 Å². The summed E-state index contributed by atoms with van der Waals surface area (Å²) in [5, 5.41) is 3.26. The molecule has 0 unspecified atom stereocenters. The number of carbonyl (C=O) groups excluding carboxylic acids is 1. The monoisotopic (exact) mass is 444 g/mol. The lowest BCUT2D eigenvalue weighted by Crippen LogP contribution is -2.37. The summed E-state index contributed by atoms with van der Waals surface area (Å²) in [6.07, 6.45) is 9.30. The number of rotatable bonds is 7. The molecule has 172 valence electrons. The second kappa shape index (κ2) is 9.69. The van der Waals surface area contributed by atoms with Crippen molar-refractivity contribution in [3.63, 3.8) is 0 Å². The molecule has 1 atom stereocenters. The van der Waals surface area contributed by atoms with Crippen LogP contribution in [0.25, 0.3) is 11.4 Å². The van der Waals surface area contributed by atoms with Gasteiger partial charge >= 0.3 is 0 Å². The van der Waals surface area contributed by atoms with Gasteiger partial charge in [0, 0.05) is 36.1 Å². The maximum Gasteiger partial charge on any atom is 0.220 e. The van der Waals surface area contributed by atoms with Crippen LogP contribution < -0.4 is 10.1 Å². The standard InChI is InChI=1S/C27H32N4O2/c1-18-14-21(33-4)9-8-19(18)6-5-7-25(32)30-23-15-27(2,3)16-24-22(23)17-29-26(31-24)20-10-12-28-13-11-20/h8-14,17,23H,5-7,15-16H2,1-4H3,(H,30,32)/t23-/m0/s1. The third-order valence-electron chi connectivity index (χ3n) is 6.35. The van der Waals surface area contributed by atoms with Crippen molar-refractivity contribution in [3.8, 4) is 17.1 Å². The van der Waals surface area contributed by atoms with Crippen molar-refractivity contribution >= 4 is 5.91 Å². The fraction of sp³-hybridized carbons (Fsp3) is 0.407. The highest BCUT2D eigenvalue weighted by atomic mass is 16.5. The van der Waals surface area contributed by atoms with Crippen molar-refractivity contribution in [3.05, 3.63) is 71.3 Å². The number of ether oxygens (including phenoxy) is 1. The first-order chi connectivity index (χ1) is 15.8. The van der Waals surface area contributed by atoms with Crippen LogP contribution in [-0.4, -0.2) is 28.0 Å². The molecule has 4 rings (SSSR count). The summed E-state index contributed by atoms with van der Waals surface area (Å²) in [4.78, 5) is 26.3. The predicted molar refractivity (Wildman–Crippen MR) is 129 cm³/mol. The van der Waals surface area contributed by atoms with E-state index >= 15 is 0 Å². The zero-order chi connectivity index (χ0) is 23.4. The van der Waals surface area contributed by atoms with E-state index in [9.17, 15) is 4.79 Å². The summed E-state index contributed by atoms with van der Waals surface area (Å²) in [7, 11) is 1.68. The zero-order valence-electron chi connectivity index (χ0n) is 19.9. The average molecular weight is 445 g/mol. The van der Waals surface area contributed by atoms with Crippen LogP contribution in [0.15, 0.2) is 48.9 Å². The molecule has 0 bridgehead atoms. The Hall–Kier alpha value is -3.28. The Labute approximate surface area is 195 Å². The Morgan fingerprint density at radius 1 is 1.21 bits per heavy atom. The van der Waals surface area contributed by atoms with E-state index in [4.69, 9.17) is 9.72 Å². The number of nitrogens with zero attached hydrogens (tertiary/aromatic N) is 3. The molecule has 6 nitrogen and oxygen atoms in total. The maximum atomic E-state index is 12.8. The van der Waals surface area contributed by atoms with Crippen molar-refractivity contribution in [2.45, 2.75) is 58.9 Å². The molecule has 0 aliphatic heterocycles. The van der Waals surface area contributed by atoms with Gasteiger partial charge in [0.05, 0.1) is 18.8 Å². The van der Waals surface area contributed by atoms with Gasteiger partial charge in [0.25, 0.3) is 0 Å². The van der Waals surface area contributed by atoms with Crippen LogP contribution in [0.5, 0.6) is 5.75 Å². The molecule has 1 amide bonds. The number of amides is 1. The predicted octanol–water partition coefficient (Wildman–Crippen LogP) is 5.01. The van der Waals surface area contributed by atoms with Gasteiger partial charge in [-0.3, -0.25) is 9.78 Å². The number of benzene rings is 1. The van der Waals surface area contributed by atoms with Crippen molar-refractivity contribution in [1.82, 2.24) is 20.3 Å². The maximum absolute atomic E-state index is 12.8. The summed E-state index contributed by atoms with van der Waals surface area (Å²) in [6.45, 7) is 6.55. The van der Waals surface area contributed by atoms with E-state index in [1.165, 1.54) is 11.1 Å². The number of aromatic nitrogens is 3. The van der Waals surface area contributed by atoms with Crippen LogP contribution in [0.1, 0.15) is 61.5 Å². The van der Waals surface area contributed by atoms with E-state index in [-0.39, 0.29) is 17.4 Å². The summed E-state index contributed by atoms with van der Waals surface area (Å²) in [5.74, 6) is 1.64. The minimum atomic E-state index is -0.0644. The number of fused-ring (bicyclic) bond motifs is 1. The molecule has 1 aromatic carbocycles. The van der Waals surface area contributed by atoms with E-state index in [2.05, 4.69) is 42.1 Å². The summed E-state index contributed by atoms with van der Waals surface area (Å²) in [5.41, 5.74) is 5.50. The highest BCUT2D eigenvalue weighted by Crippen LogP contribution is 2.40. The number of carbonyl (C=O) groups is 1. The second-order valence-corrected chi connectivity index (χ2v) is 9.64. The normalized spacial score (nSPS) is 16.7. The Kier molecular flexibility index (Phi) is 6.72. The molecule has 0 spiro atoms. The van der Waals surface area contributed by atoms with Crippen LogP contribution in [-0.2, 0) is 17.6 Å². The first-order valence-electron chi connectivity index (χ1n) is 11.5. The molecule has 0 radical (unpaired) electrons. The molecular formula is C27H32N4O2. The van der Waals surface area contributed by atoms with Gasteiger partial charge in [0.2, 0.25) is 5.91 Å². The van der Waals surface area contributed by atoms with Crippen LogP contribution in [0, 0.1) is 12.3 Å². The van der Waals surface area contributed by atoms with E-state index in [0.717, 1.165) is 48.3 Å². The third kappa shape index (κ3) is 5.56. The molecule has 1 aliphatic rings. The van der Waals surface area contributed by atoms with Crippen LogP contribution >= 0.6 is 0 Å². The highest BCUT2D eigenvalue weighted by Gasteiger charge is 2.34. The number of aryl methyl sites for hydroxylation is 2. The highest BCUT2D eigenvalue weighted by molar-refractivity contribution is 5.76. The quantitative estimate of drug-likeness (QED) is 0.554. The SMILES string of the molecule is COc1ccc(CCCC(=O)N[C@H]2CC(C)(C)Cc3nc(-c4ccncc4)ncc32)c(C)c1. The average Bonchev–Trinajstić information content (AvgIpc) is 2.79. The molecule has 1 N–H and O–H groups in total. The molecule has 6 heteroatoms. The molecule has 0 saturated heterocycles. The number of nitrogens with one attached hydrogen (secondary N) is 1. The topological polar surface area (TPSA) is 77.0 Å². The lowest BCUT2D eigenvalue weighted by atomic mass is 9.74. The van der Waals surface area contributed by atoms with Crippen molar-refractivity contribution in [2.75, 3.05) is 7.11 Å². The molecule has 0 fully saturated rings. The van der Waals surface area contributed by atoms with Crippen LogP contribution in [0.3, 0.4) is 0 Å². The van der Waals surface area contributed by atoms with Gasteiger partial charge < -0.3 is 10.1 Å². The van der Waals surface area contributed by atoms with Gasteiger partial charge in [-0.1, -0.05) is 19.9 Å². The smallest absolute Gasteiger partial charge is 0.220 e. The van der Waals surface area contributed by atoms with Gasteiger partial charge in [0.1, 0.15) is 5.75 Å². The Morgan fingerprint density at radius 2 is 2.00 bits per heavy atom. The largest absolute Gasteiger partial charge is 0.497 e. The van der Waals surface area contributed by atoms with E-state index in [0.29, 0.717) is 12.2 Å². The van der Waals surface area contributed by atoms with E-state index in [1.54, 1.807) is 19.5 Å². The molecular weight excluding hydrogens is 412 g/mol. The molecule has 0 saturated carbocycles. The van der Waals surface area contributed by atoms with Crippen molar-refractivity contribution < 1.29 is 9.53 Å². The Balaban J connectivity index is 1.42. The second-order valence-electron chi connectivity index (χ2n) is 9.64. The lowest BCUT2D eigenvalue weighted by molar-refractivity contribution is -0.122. The first-order valence-corrected chi connectivity index (χ1v) is 11.5. The number of hydrogen-bond donors (Lipinski definition) is 1. The fourth-order valence-corrected chi connectivity index (χ4v) is 4.60. The number of pyridine rings is 1. The lowest BCUT2D eigenvalue weighted by Gasteiger charge is -2.36. The van der Waals surface area contributed by atoms with Gasteiger partial charge in [-0.25, -0.2) is 9.97 Å². The Bertz CT molecular complexity index is 1130. The van der Waals surface area contributed by atoms with Crippen molar-refractivity contribution in [2.24, 2.45) is 5.41 Å². The number of methoxy groups -OCH3 is 1. The van der Waals surface area contributed by atoms with E-state index in [1.807, 2.05) is 30.5 Å². The van der Waals surface area contributed by atoms with Crippen LogP contribution in [0.2, 0.25) is 0 Å². The van der Waals surface area contributed by atoms with Crippen LogP contribution in [0.4, 0.5) is 0 Å². The molecule has 1 aliphatic carbocycles. The molecule has 33 heavy (non-hydrogen) atoms. The molecule has 3 aromatic rings. The van der Waals surface area contributed by atoms with Gasteiger partial charge in [0.15, 0.2) is 5.82 Å². The Morgan fingerprint density at radius 3 is 2.73 bits per heavy atom. The molecule has 2 aromatic heterocycles. The van der Waals surface area contributed by atoms with Crippen molar-refractivity contribution in [1.29, 1.82) is 0 Å². The summed E-state index contributed by atoms with van der Waals surface area (Å²) >= 11 is 0. The fourth-order valence-electron chi connectivity index (χ4n) is 4.60. The molecule has 2 heterocycles. The third-order valence-corrected chi connectivity index (χ3v) is 6.35. The van der Waals surface area contributed by atoms with Gasteiger partial charge in [-0.15, -0.1) is 0 Å². The van der Waals surface area contributed by atoms with Gasteiger partial charge in [-0.05, 0) is 73.4 Å². The zero-order valence-corrected chi connectivity index (χ0v) is 19.9.